The van der Waals surface area contributed by atoms with E-state index in [1.807, 2.05) is 0 Å². The summed E-state index contributed by atoms with van der Waals surface area (Å²) in [5.41, 5.74) is 19.2. The molecule has 0 fully saturated rings. The Morgan fingerprint density at radius 1 is 0.820 bits per heavy atom. The van der Waals surface area contributed by atoms with Crippen LogP contribution in [0.25, 0.3) is 22.6 Å². The Morgan fingerprint density at radius 3 is 1.92 bits per heavy atom. The first-order valence-electron chi connectivity index (χ1n) is 18.2. The van der Waals surface area contributed by atoms with E-state index in [1.165, 1.54) is 18.0 Å². The van der Waals surface area contributed by atoms with Crippen molar-refractivity contribution in [2.45, 2.75) is 56.7 Å². The van der Waals surface area contributed by atoms with E-state index in [9.17, 15) is 29.7 Å². The van der Waals surface area contributed by atoms with Crippen molar-refractivity contribution < 1.29 is 37.8 Å². The molecule has 0 aliphatic rings. The molecule has 326 valence electrons. The van der Waals surface area contributed by atoms with Crippen LogP contribution in [0.2, 0.25) is 5.02 Å². The monoisotopic (exact) mass is 917 g/mol. The number of anilines is 1. The number of pyridine rings is 1. The van der Waals surface area contributed by atoms with Gasteiger partial charge >= 0.3 is 11.9 Å². The largest absolute Gasteiger partial charge is 0.490 e. The van der Waals surface area contributed by atoms with Crippen LogP contribution in [0.3, 0.4) is 0 Å². The maximum Gasteiger partial charge on any atom is 0.329 e. The fourth-order valence-corrected chi connectivity index (χ4v) is 6.42. The molecule has 61 heavy (non-hydrogen) atoms. The van der Waals surface area contributed by atoms with Gasteiger partial charge in [-0.2, -0.15) is 10.5 Å². The van der Waals surface area contributed by atoms with Crippen LogP contribution in [-0.2, 0) is 34.4 Å². The summed E-state index contributed by atoms with van der Waals surface area (Å²) in [6, 6.07) is 15.5. The molecule has 17 nitrogen and oxygen atoms in total. The van der Waals surface area contributed by atoms with Crippen LogP contribution in [0, 0.1) is 34.5 Å². The third-order valence-corrected chi connectivity index (χ3v) is 9.79. The van der Waals surface area contributed by atoms with Gasteiger partial charge in [-0.05, 0) is 53.8 Å². The van der Waals surface area contributed by atoms with Crippen LogP contribution in [0.5, 0.6) is 5.75 Å². The van der Waals surface area contributed by atoms with Gasteiger partial charge < -0.3 is 46.5 Å². The Morgan fingerprint density at radius 2 is 1.38 bits per heavy atom. The van der Waals surface area contributed by atoms with E-state index < -0.39 is 48.5 Å². The van der Waals surface area contributed by atoms with E-state index >= 15 is 0 Å². The molecular formula is C40H46Cl3N9O8S. The first-order valence-corrected chi connectivity index (χ1v) is 19.6. The molecule has 0 aliphatic carbocycles. The van der Waals surface area contributed by atoms with Crippen molar-refractivity contribution in [1.29, 1.82) is 10.5 Å². The molecule has 4 aromatic rings. The summed E-state index contributed by atoms with van der Waals surface area (Å²) in [7, 11) is 0. The van der Waals surface area contributed by atoms with Crippen LogP contribution in [0.4, 0.5) is 5.82 Å². The number of amides is 2. The van der Waals surface area contributed by atoms with Gasteiger partial charge in [0.15, 0.2) is 6.10 Å². The lowest BCUT2D eigenvalue weighted by molar-refractivity contribution is -0.165. The molecule has 8 N–H and O–H groups in total. The van der Waals surface area contributed by atoms with Gasteiger partial charge in [0.1, 0.15) is 65.9 Å². The minimum Gasteiger partial charge on any atom is -0.490 e. The molecule has 4 rings (SSSR count). The predicted molar refractivity (Wildman–Crippen MR) is 233 cm³/mol. The Bertz CT molecular complexity index is 2210. The molecular weight excluding hydrogens is 873 g/mol. The average molecular weight is 919 g/mol. The second-order valence-electron chi connectivity index (χ2n) is 13.6. The molecule has 0 saturated carbocycles. The zero-order valence-electron chi connectivity index (χ0n) is 33.5. The zero-order chi connectivity index (χ0) is 43.2. The van der Waals surface area contributed by atoms with Crippen LogP contribution in [0.15, 0.2) is 64.2 Å². The normalized spacial score (nSPS) is 12.0. The van der Waals surface area contributed by atoms with E-state index in [4.69, 9.17) is 47.4 Å². The average Bonchev–Trinajstić information content (AvgIpc) is 3.70. The lowest BCUT2D eigenvalue weighted by atomic mass is 9.97. The number of ether oxygens (including phenoxy) is 3. The predicted octanol–water partition coefficient (Wildman–Crippen LogP) is 4.55. The first-order chi connectivity index (χ1) is 28.2. The van der Waals surface area contributed by atoms with Gasteiger partial charge in [0.25, 0.3) is 0 Å². The molecule has 2 amide bonds. The van der Waals surface area contributed by atoms with Crippen LogP contribution in [0.1, 0.15) is 44.5 Å². The minimum atomic E-state index is -1.18. The molecule has 2 aromatic carbocycles. The van der Waals surface area contributed by atoms with E-state index in [1.54, 1.807) is 76.2 Å². The number of carbonyl (C=O) groups is 4. The topological polar surface area (TPSA) is 285 Å². The summed E-state index contributed by atoms with van der Waals surface area (Å²) in [5.74, 6) is -2.62. The number of carbonyl (C=O) groups excluding carboxylic acids is 4. The molecule has 2 aromatic heterocycles. The van der Waals surface area contributed by atoms with E-state index in [0.29, 0.717) is 22.2 Å². The van der Waals surface area contributed by atoms with Crippen molar-refractivity contribution in [3.8, 4) is 40.5 Å². The minimum absolute atomic E-state index is 0. The number of rotatable bonds is 19. The number of hydrogen-bond donors (Lipinski definition) is 5. The highest BCUT2D eigenvalue weighted by Gasteiger charge is 2.31. The van der Waals surface area contributed by atoms with E-state index in [0.717, 1.165) is 5.56 Å². The Hall–Kier alpha value is -5.60. The third-order valence-electron chi connectivity index (χ3n) is 8.53. The van der Waals surface area contributed by atoms with Crippen molar-refractivity contribution in [2.24, 2.45) is 23.3 Å². The molecule has 0 saturated heterocycles. The number of nitrogens with zero attached hydrogens (tertiary/aromatic N) is 4. The van der Waals surface area contributed by atoms with Gasteiger partial charge in [0.2, 0.25) is 17.7 Å². The fourth-order valence-electron chi connectivity index (χ4n) is 5.42. The molecule has 0 aliphatic heterocycles. The van der Waals surface area contributed by atoms with Gasteiger partial charge in [-0.3, -0.25) is 9.59 Å². The van der Waals surface area contributed by atoms with Gasteiger partial charge in [0.05, 0.1) is 24.3 Å². The summed E-state index contributed by atoms with van der Waals surface area (Å²) in [6.07, 6.45) is 0.320. The zero-order valence-corrected chi connectivity index (χ0v) is 36.7. The molecule has 2 heterocycles. The lowest BCUT2D eigenvalue weighted by Crippen LogP contribution is -2.50. The van der Waals surface area contributed by atoms with Gasteiger partial charge in [-0.15, -0.1) is 24.8 Å². The number of aromatic nitrogens is 2. The number of oxazole rings is 1. The number of esters is 2. The van der Waals surface area contributed by atoms with Crippen molar-refractivity contribution in [1.82, 2.24) is 20.6 Å². The molecule has 0 radical (unpaired) electrons. The molecule has 0 spiro atoms. The number of hydrogen-bond acceptors (Lipinski definition) is 16. The number of benzene rings is 2. The number of nitriles is 2. The first kappa shape index (κ1) is 51.5. The fraction of sp³-hybridized carbons (Fsp3) is 0.350. The number of nitrogens with two attached hydrogens (primary N) is 3. The summed E-state index contributed by atoms with van der Waals surface area (Å²) < 4.78 is 22.7. The maximum atomic E-state index is 13.3. The standard InChI is InChI=1S/C40H44ClN9O8S.2ClH/c1-21(2)34(48-31(51)15-44)39(53)57-19-28(58-40(54)35(22(3)4)49-32(52)16-45)18-55-27-11-7-23(8-12-27)33-29(13-42)36(46)50-38(30(33)14-43)59-20-26-17-56-37(47-26)24-5-9-25(41)10-6-24;;/h5-12,17,21-22,28,34-35H,15-16,18-20,44-45H2,1-4H3,(H2,46,50)(H,48,51)(H,49,52);2*1H/t28-,34-,35?;;/m0../s1. The summed E-state index contributed by atoms with van der Waals surface area (Å²) >= 11 is 7.19. The van der Waals surface area contributed by atoms with Crippen molar-refractivity contribution in [2.75, 3.05) is 32.0 Å². The van der Waals surface area contributed by atoms with Crippen LogP contribution < -0.4 is 32.6 Å². The van der Waals surface area contributed by atoms with Gasteiger partial charge in [0, 0.05) is 21.9 Å². The third kappa shape index (κ3) is 14.2. The second kappa shape index (κ2) is 24.6. The number of nitrogen functional groups attached to an aromatic ring is 1. The van der Waals surface area contributed by atoms with Gasteiger partial charge in [-0.1, -0.05) is 63.2 Å². The quantitative estimate of drug-likeness (QED) is 0.0637. The van der Waals surface area contributed by atoms with Crippen LogP contribution in [-0.4, -0.2) is 78.2 Å². The Balaban J connectivity index is 0.00000641. The highest BCUT2D eigenvalue weighted by molar-refractivity contribution is 7.98. The molecule has 3 atom stereocenters. The number of halogens is 3. The molecule has 21 heteroatoms. The summed E-state index contributed by atoms with van der Waals surface area (Å²) in [4.78, 5) is 59.2. The smallest absolute Gasteiger partial charge is 0.329 e. The Labute approximate surface area is 374 Å². The summed E-state index contributed by atoms with van der Waals surface area (Å²) in [5, 5.41) is 26.2. The number of nitrogens with one attached hydrogen (secondary N) is 2. The van der Waals surface area contributed by atoms with Gasteiger partial charge in [-0.25, -0.2) is 19.6 Å². The van der Waals surface area contributed by atoms with E-state index in [2.05, 4.69) is 32.7 Å². The lowest BCUT2D eigenvalue weighted by Gasteiger charge is -2.26. The molecule has 0 bridgehead atoms. The van der Waals surface area contributed by atoms with Crippen LogP contribution >= 0.6 is 48.2 Å². The second-order valence-corrected chi connectivity index (χ2v) is 15.0. The maximum absolute atomic E-state index is 13.3. The highest BCUT2D eigenvalue weighted by Crippen LogP contribution is 2.37. The van der Waals surface area contributed by atoms with E-state index in [-0.39, 0.29) is 95.4 Å². The van der Waals surface area contributed by atoms with Crippen molar-refractivity contribution in [3.63, 3.8) is 0 Å². The SMILES string of the molecule is CC(C)C(NC(=O)CN)C(=O)O[C@H](COC(=O)[C@@H](NC(=O)CN)C(C)C)COc1ccc(-c2c(C#N)c(N)nc(SCc3coc(-c4ccc(Cl)cc4)n3)c2C#N)cc1.Cl.Cl. The highest BCUT2D eigenvalue weighted by atomic mass is 35.5. The number of thioether (sulfide) groups is 1. The summed E-state index contributed by atoms with van der Waals surface area (Å²) in [6.45, 7) is 5.34. The van der Waals surface area contributed by atoms with Crippen molar-refractivity contribution >= 4 is 77.7 Å². The Kier molecular flexibility index (Phi) is 20.8. The molecule has 1 unspecified atom stereocenters. The van der Waals surface area contributed by atoms with Crippen molar-refractivity contribution in [3.05, 3.63) is 76.6 Å².